The lowest BCUT2D eigenvalue weighted by molar-refractivity contribution is -0.120. The Morgan fingerprint density at radius 2 is 1.92 bits per heavy atom. The molecule has 1 N–H and O–H groups in total. The first-order valence-corrected chi connectivity index (χ1v) is 8.11. The number of hydrogen-bond acceptors (Lipinski definition) is 5. The predicted octanol–water partition coefficient (Wildman–Crippen LogP) is 2.35. The molecule has 3 aromatic rings. The Morgan fingerprint density at radius 1 is 1.20 bits per heavy atom. The third-order valence-corrected chi connectivity index (χ3v) is 3.98. The molecule has 0 aliphatic carbocycles. The smallest absolute Gasteiger partial charge is 0.251 e. The molecule has 0 saturated heterocycles. The number of rotatable bonds is 5. The van der Waals surface area contributed by atoms with E-state index in [9.17, 15) is 4.79 Å². The monoisotopic (exact) mass is 339 g/mol. The van der Waals surface area contributed by atoms with E-state index in [1.165, 1.54) is 0 Å². The van der Waals surface area contributed by atoms with Gasteiger partial charge in [0.2, 0.25) is 5.91 Å². The molecule has 0 atom stereocenters. The number of nitrogens with zero attached hydrogens (tertiary/aromatic N) is 4. The zero-order chi connectivity index (χ0) is 18.0. The van der Waals surface area contributed by atoms with E-state index in [0.29, 0.717) is 12.5 Å². The van der Waals surface area contributed by atoms with Crippen molar-refractivity contribution in [3.05, 3.63) is 58.6 Å². The Labute approximate surface area is 146 Å². The fraction of sp³-hybridized carbons (Fsp3) is 0.333. The molecule has 7 nitrogen and oxygen atoms in total. The van der Waals surface area contributed by atoms with Gasteiger partial charge in [0.25, 0.3) is 5.95 Å². The Kier molecular flexibility index (Phi) is 4.65. The Hall–Kier alpha value is -2.96. The van der Waals surface area contributed by atoms with Gasteiger partial charge < -0.3 is 9.73 Å². The van der Waals surface area contributed by atoms with Gasteiger partial charge in [0, 0.05) is 22.6 Å². The first kappa shape index (κ1) is 16.9. The first-order valence-electron chi connectivity index (χ1n) is 8.11. The fourth-order valence-corrected chi connectivity index (χ4v) is 2.75. The molecular weight excluding hydrogens is 318 g/mol. The molecule has 130 valence electrons. The van der Waals surface area contributed by atoms with Gasteiger partial charge >= 0.3 is 0 Å². The van der Waals surface area contributed by atoms with Gasteiger partial charge in [0.1, 0.15) is 5.76 Å². The van der Waals surface area contributed by atoms with Crippen LogP contribution in [0.4, 0.5) is 0 Å². The van der Waals surface area contributed by atoms with E-state index in [2.05, 4.69) is 20.4 Å². The van der Waals surface area contributed by atoms with Gasteiger partial charge in [-0.1, -0.05) is 0 Å². The average Bonchev–Trinajstić information content (AvgIpc) is 3.15. The molecule has 0 unspecified atom stereocenters. The highest BCUT2D eigenvalue weighted by atomic mass is 16.3. The highest BCUT2D eigenvalue weighted by Gasteiger charge is 2.17. The molecule has 0 bridgehead atoms. The number of aromatic nitrogens is 4. The quantitative estimate of drug-likeness (QED) is 0.771. The van der Waals surface area contributed by atoms with Gasteiger partial charge in [-0.05, 0) is 45.9 Å². The van der Waals surface area contributed by atoms with Crippen molar-refractivity contribution < 1.29 is 9.21 Å². The second-order valence-corrected chi connectivity index (χ2v) is 6.04. The molecule has 0 fully saturated rings. The molecule has 0 saturated carbocycles. The van der Waals surface area contributed by atoms with Crippen LogP contribution >= 0.6 is 0 Å². The number of aryl methyl sites for hydroxylation is 3. The fourth-order valence-electron chi connectivity index (χ4n) is 2.75. The summed E-state index contributed by atoms with van der Waals surface area (Å²) in [4.78, 5) is 21.1. The normalized spacial score (nSPS) is 10.9. The Morgan fingerprint density at radius 3 is 2.56 bits per heavy atom. The minimum absolute atomic E-state index is 0.0801. The zero-order valence-electron chi connectivity index (χ0n) is 14.8. The first-order chi connectivity index (χ1) is 11.9. The largest absolute Gasteiger partial charge is 0.467 e. The summed E-state index contributed by atoms with van der Waals surface area (Å²) in [6.07, 6.45) is 1.84. The number of carbonyl (C=O) groups is 1. The molecule has 3 heterocycles. The average molecular weight is 339 g/mol. The number of amides is 1. The van der Waals surface area contributed by atoms with Crippen LogP contribution in [0, 0.1) is 27.7 Å². The summed E-state index contributed by atoms with van der Waals surface area (Å²) in [6.45, 7) is 8.04. The minimum Gasteiger partial charge on any atom is -0.467 e. The third kappa shape index (κ3) is 3.76. The molecule has 3 aromatic heterocycles. The van der Waals surface area contributed by atoms with Crippen molar-refractivity contribution in [3.8, 4) is 5.95 Å². The van der Waals surface area contributed by atoms with Crippen LogP contribution in [0.1, 0.15) is 34.1 Å². The maximum atomic E-state index is 12.2. The van der Waals surface area contributed by atoms with E-state index < -0.39 is 0 Å². The topological polar surface area (TPSA) is 85.8 Å². The van der Waals surface area contributed by atoms with E-state index in [-0.39, 0.29) is 12.3 Å². The van der Waals surface area contributed by atoms with Crippen LogP contribution in [0.15, 0.2) is 28.9 Å². The Bertz CT molecular complexity index is 876. The van der Waals surface area contributed by atoms with Crippen molar-refractivity contribution in [2.24, 2.45) is 0 Å². The summed E-state index contributed by atoms with van der Waals surface area (Å²) in [5.41, 5.74) is 4.32. The molecule has 0 aliphatic heterocycles. The van der Waals surface area contributed by atoms with E-state index in [1.807, 2.05) is 39.8 Å². The SMILES string of the molecule is Cc1cc(C)nc(-n2nc(C)c(CC(=O)NCc3ccco3)c2C)n1. The summed E-state index contributed by atoms with van der Waals surface area (Å²) in [6, 6.07) is 5.54. The van der Waals surface area contributed by atoms with Crippen molar-refractivity contribution in [2.75, 3.05) is 0 Å². The molecule has 0 spiro atoms. The van der Waals surface area contributed by atoms with Crippen LogP contribution in [-0.4, -0.2) is 25.7 Å². The molecule has 25 heavy (non-hydrogen) atoms. The maximum Gasteiger partial charge on any atom is 0.251 e. The summed E-state index contributed by atoms with van der Waals surface area (Å²) < 4.78 is 6.92. The third-order valence-electron chi connectivity index (χ3n) is 3.98. The van der Waals surface area contributed by atoms with Crippen LogP contribution in [0.25, 0.3) is 5.95 Å². The standard InChI is InChI=1S/C18H21N5O2/c1-11-8-12(2)21-18(20-11)23-14(4)16(13(3)22-23)9-17(24)19-10-15-6-5-7-25-15/h5-8H,9-10H2,1-4H3,(H,19,24). The van der Waals surface area contributed by atoms with E-state index in [4.69, 9.17) is 4.42 Å². The second kappa shape index (κ2) is 6.88. The lowest BCUT2D eigenvalue weighted by Gasteiger charge is -2.06. The number of furan rings is 1. The molecule has 0 aliphatic rings. The Balaban J connectivity index is 1.78. The summed E-state index contributed by atoms with van der Waals surface area (Å²) in [7, 11) is 0. The van der Waals surface area contributed by atoms with Crippen LogP contribution in [-0.2, 0) is 17.8 Å². The van der Waals surface area contributed by atoms with Crippen LogP contribution < -0.4 is 5.32 Å². The predicted molar refractivity (Wildman–Crippen MR) is 92.4 cm³/mol. The van der Waals surface area contributed by atoms with Crippen molar-refractivity contribution in [3.63, 3.8) is 0 Å². The highest BCUT2D eigenvalue weighted by Crippen LogP contribution is 2.17. The lowest BCUT2D eigenvalue weighted by atomic mass is 10.1. The van der Waals surface area contributed by atoms with Gasteiger partial charge in [-0.2, -0.15) is 5.10 Å². The number of carbonyl (C=O) groups excluding carboxylic acids is 1. The van der Waals surface area contributed by atoms with Crippen LogP contribution in [0.5, 0.6) is 0 Å². The summed E-state index contributed by atoms with van der Waals surface area (Å²) in [5, 5.41) is 7.37. The molecule has 0 aromatic carbocycles. The molecule has 0 radical (unpaired) electrons. The highest BCUT2D eigenvalue weighted by molar-refractivity contribution is 5.79. The van der Waals surface area contributed by atoms with Gasteiger partial charge in [-0.3, -0.25) is 4.79 Å². The van der Waals surface area contributed by atoms with Crippen molar-refractivity contribution in [1.29, 1.82) is 0 Å². The molecule has 1 amide bonds. The molecule has 3 rings (SSSR count). The lowest BCUT2D eigenvalue weighted by Crippen LogP contribution is -2.24. The number of nitrogens with one attached hydrogen (secondary N) is 1. The second-order valence-electron chi connectivity index (χ2n) is 6.04. The summed E-state index contributed by atoms with van der Waals surface area (Å²) >= 11 is 0. The van der Waals surface area contributed by atoms with Crippen LogP contribution in [0.2, 0.25) is 0 Å². The van der Waals surface area contributed by atoms with E-state index in [0.717, 1.165) is 34.1 Å². The molecule has 7 heteroatoms. The van der Waals surface area contributed by atoms with Crippen molar-refractivity contribution in [1.82, 2.24) is 25.1 Å². The van der Waals surface area contributed by atoms with Gasteiger partial charge in [-0.15, -0.1) is 0 Å². The molecular formula is C18H21N5O2. The van der Waals surface area contributed by atoms with Crippen LogP contribution in [0.3, 0.4) is 0 Å². The van der Waals surface area contributed by atoms with E-state index >= 15 is 0 Å². The zero-order valence-corrected chi connectivity index (χ0v) is 14.8. The minimum atomic E-state index is -0.0801. The van der Waals surface area contributed by atoms with E-state index in [1.54, 1.807) is 17.0 Å². The van der Waals surface area contributed by atoms with Gasteiger partial charge in [0.15, 0.2) is 0 Å². The van der Waals surface area contributed by atoms with Crippen molar-refractivity contribution >= 4 is 5.91 Å². The number of hydrogen-bond donors (Lipinski definition) is 1. The van der Waals surface area contributed by atoms with Gasteiger partial charge in [-0.25, -0.2) is 14.6 Å². The summed E-state index contributed by atoms with van der Waals surface area (Å²) in [5.74, 6) is 1.17. The van der Waals surface area contributed by atoms with Gasteiger partial charge in [0.05, 0.1) is 24.9 Å². The maximum absolute atomic E-state index is 12.2. The van der Waals surface area contributed by atoms with Crippen molar-refractivity contribution in [2.45, 2.75) is 40.7 Å².